The third-order valence-electron chi connectivity index (χ3n) is 3.46. The van der Waals surface area contributed by atoms with Gasteiger partial charge in [0.2, 0.25) is 5.91 Å². The summed E-state index contributed by atoms with van der Waals surface area (Å²) in [6.45, 7) is 3.10. The number of hydrogen-bond donors (Lipinski definition) is 1. The number of unbranched alkanes of at least 4 members (excludes halogenated alkanes) is 1. The second kappa shape index (κ2) is 5.00. The summed E-state index contributed by atoms with van der Waals surface area (Å²) in [4.78, 5) is 14.4. The van der Waals surface area contributed by atoms with Crippen molar-refractivity contribution in [2.45, 2.75) is 51.1 Å². The van der Waals surface area contributed by atoms with E-state index >= 15 is 0 Å². The molecule has 2 unspecified atom stereocenters. The van der Waals surface area contributed by atoms with Crippen LogP contribution in [0.1, 0.15) is 39.0 Å². The minimum absolute atomic E-state index is 0.0486. The lowest BCUT2D eigenvalue weighted by atomic mass is 10.1. The van der Waals surface area contributed by atoms with Gasteiger partial charge in [0.25, 0.3) is 0 Å². The number of carbonyl (C=O) groups excluding carboxylic acids is 1. The van der Waals surface area contributed by atoms with Crippen LogP contribution in [0.3, 0.4) is 0 Å². The van der Waals surface area contributed by atoms with E-state index in [-0.39, 0.29) is 12.0 Å². The molecule has 2 rings (SSSR count). The van der Waals surface area contributed by atoms with Crippen molar-refractivity contribution in [2.75, 3.05) is 6.54 Å². The molecule has 2 atom stereocenters. The van der Waals surface area contributed by atoms with Crippen molar-refractivity contribution in [2.24, 2.45) is 11.7 Å². The van der Waals surface area contributed by atoms with Gasteiger partial charge in [-0.25, -0.2) is 0 Å². The molecule has 1 fully saturated rings. The SMILES string of the molecule is CCCCN(C(=O)C1C=CC(N)C1)C1CC1. The van der Waals surface area contributed by atoms with Gasteiger partial charge >= 0.3 is 0 Å². The molecule has 0 radical (unpaired) electrons. The summed E-state index contributed by atoms with van der Waals surface area (Å²) in [5, 5.41) is 0. The summed E-state index contributed by atoms with van der Waals surface area (Å²) in [7, 11) is 0. The quantitative estimate of drug-likeness (QED) is 0.719. The fourth-order valence-electron chi connectivity index (χ4n) is 2.31. The lowest BCUT2D eigenvalue weighted by Gasteiger charge is -2.25. The van der Waals surface area contributed by atoms with Gasteiger partial charge in [-0.2, -0.15) is 0 Å². The van der Waals surface area contributed by atoms with Gasteiger partial charge in [0, 0.05) is 18.6 Å². The largest absolute Gasteiger partial charge is 0.339 e. The lowest BCUT2D eigenvalue weighted by Crippen LogP contribution is -2.38. The Bertz CT molecular complexity index is 284. The van der Waals surface area contributed by atoms with Crippen LogP contribution in [-0.4, -0.2) is 29.4 Å². The number of nitrogens with zero attached hydrogens (tertiary/aromatic N) is 1. The van der Waals surface area contributed by atoms with Gasteiger partial charge in [0.15, 0.2) is 0 Å². The Balaban J connectivity index is 1.91. The van der Waals surface area contributed by atoms with E-state index in [1.807, 2.05) is 12.2 Å². The molecule has 0 aromatic heterocycles. The van der Waals surface area contributed by atoms with Gasteiger partial charge in [0.1, 0.15) is 0 Å². The van der Waals surface area contributed by atoms with Crippen molar-refractivity contribution in [3.63, 3.8) is 0 Å². The smallest absolute Gasteiger partial charge is 0.229 e. The number of nitrogens with two attached hydrogens (primary N) is 1. The van der Waals surface area contributed by atoms with Gasteiger partial charge in [-0.3, -0.25) is 4.79 Å². The first-order chi connectivity index (χ1) is 7.72. The van der Waals surface area contributed by atoms with Crippen molar-refractivity contribution >= 4 is 5.91 Å². The molecule has 3 nitrogen and oxygen atoms in total. The molecule has 2 N–H and O–H groups in total. The Kier molecular flexibility index (Phi) is 3.64. The normalized spacial score (nSPS) is 28.4. The van der Waals surface area contributed by atoms with E-state index in [1.165, 1.54) is 12.8 Å². The monoisotopic (exact) mass is 222 g/mol. The molecule has 1 amide bonds. The molecule has 0 bridgehead atoms. The highest BCUT2D eigenvalue weighted by molar-refractivity contribution is 5.81. The molecule has 0 aromatic carbocycles. The number of rotatable bonds is 5. The first kappa shape index (κ1) is 11.6. The van der Waals surface area contributed by atoms with Crippen LogP contribution in [0.5, 0.6) is 0 Å². The van der Waals surface area contributed by atoms with Gasteiger partial charge < -0.3 is 10.6 Å². The maximum Gasteiger partial charge on any atom is 0.229 e. The average Bonchev–Trinajstić information content (AvgIpc) is 3.01. The van der Waals surface area contributed by atoms with Crippen LogP contribution < -0.4 is 5.73 Å². The van der Waals surface area contributed by atoms with E-state index in [9.17, 15) is 4.79 Å². The van der Waals surface area contributed by atoms with Crippen LogP contribution in [0.4, 0.5) is 0 Å². The summed E-state index contributed by atoms with van der Waals surface area (Å²) < 4.78 is 0. The molecule has 16 heavy (non-hydrogen) atoms. The molecule has 0 heterocycles. The standard InChI is InChI=1S/C13H22N2O/c1-2-3-8-15(12-6-7-12)13(16)10-4-5-11(14)9-10/h4-5,10-12H,2-3,6-9,14H2,1H3. The fraction of sp³-hybridized carbons (Fsp3) is 0.769. The van der Waals surface area contributed by atoms with Gasteiger partial charge in [-0.05, 0) is 25.7 Å². The zero-order valence-corrected chi connectivity index (χ0v) is 10.1. The zero-order chi connectivity index (χ0) is 11.5. The maximum atomic E-state index is 12.3. The maximum absolute atomic E-state index is 12.3. The van der Waals surface area contributed by atoms with E-state index in [1.54, 1.807) is 0 Å². The van der Waals surface area contributed by atoms with Crippen LogP contribution >= 0.6 is 0 Å². The van der Waals surface area contributed by atoms with Crippen molar-refractivity contribution in [1.82, 2.24) is 4.90 Å². The van der Waals surface area contributed by atoms with E-state index < -0.39 is 0 Å². The second-order valence-electron chi connectivity index (χ2n) is 5.01. The van der Waals surface area contributed by atoms with Gasteiger partial charge in [0.05, 0.1) is 5.92 Å². The molecule has 0 aromatic rings. The van der Waals surface area contributed by atoms with Crippen molar-refractivity contribution in [1.29, 1.82) is 0 Å². The van der Waals surface area contributed by atoms with E-state index in [0.717, 1.165) is 25.8 Å². The number of amides is 1. The molecule has 0 saturated heterocycles. The Morgan fingerprint density at radius 2 is 2.19 bits per heavy atom. The summed E-state index contributed by atoms with van der Waals surface area (Å²) in [6.07, 6.45) is 9.41. The van der Waals surface area contributed by atoms with Crippen molar-refractivity contribution in [3.05, 3.63) is 12.2 Å². The molecule has 1 saturated carbocycles. The summed E-state index contributed by atoms with van der Waals surface area (Å²) >= 11 is 0. The molecular weight excluding hydrogens is 200 g/mol. The Hall–Kier alpha value is -0.830. The molecule has 0 spiro atoms. The topological polar surface area (TPSA) is 46.3 Å². The predicted molar refractivity (Wildman–Crippen MR) is 64.9 cm³/mol. The van der Waals surface area contributed by atoms with Crippen LogP contribution in [0.25, 0.3) is 0 Å². The van der Waals surface area contributed by atoms with Crippen LogP contribution in [0, 0.1) is 5.92 Å². The second-order valence-corrected chi connectivity index (χ2v) is 5.01. The average molecular weight is 222 g/mol. The molecule has 90 valence electrons. The summed E-state index contributed by atoms with van der Waals surface area (Å²) in [5.41, 5.74) is 5.80. The number of hydrogen-bond acceptors (Lipinski definition) is 2. The molecule has 2 aliphatic carbocycles. The fourth-order valence-corrected chi connectivity index (χ4v) is 2.31. The predicted octanol–water partition coefficient (Wildman–Crippen LogP) is 1.68. The molecular formula is C13H22N2O. The lowest BCUT2D eigenvalue weighted by molar-refractivity contribution is -0.134. The minimum atomic E-state index is 0.0486. The first-order valence-corrected chi connectivity index (χ1v) is 6.46. The highest BCUT2D eigenvalue weighted by Crippen LogP contribution is 2.30. The highest BCUT2D eigenvalue weighted by Gasteiger charge is 2.35. The van der Waals surface area contributed by atoms with E-state index in [4.69, 9.17) is 5.73 Å². The molecule has 3 heteroatoms. The Morgan fingerprint density at radius 1 is 1.44 bits per heavy atom. The minimum Gasteiger partial charge on any atom is -0.339 e. The molecule has 0 aliphatic heterocycles. The zero-order valence-electron chi connectivity index (χ0n) is 10.1. The van der Waals surface area contributed by atoms with Crippen LogP contribution in [0.2, 0.25) is 0 Å². The summed E-state index contributed by atoms with van der Waals surface area (Å²) in [6, 6.07) is 0.616. The van der Waals surface area contributed by atoms with Crippen molar-refractivity contribution < 1.29 is 4.79 Å². The number of carbonyl (C=O) groups is 1. The highest BCUT2D eigenvalue weighted by atomic mass is 16.2. The van der Waals surface area contributed by atoms with E-state index in [2.05, 4.69) is 11.8 Å². The van der Waals surface area contributed by atoms with Crippen LogP contribution in [-0.2, 0) is 4.79 Å². The van der Waals surface area contributed by atoms with Crippen LogP contribution in [0.15, 0.2) is 12.2 Å². The Labute approximate surface area is 97.7 Å². The molecule has 2 aliphatic rings. The third-order valence-corrected chi connectivity index (χ3v) is 3.46. The van der Waals surface area contributed by atoms with Gasteiger partial charge in [-0.1, -0.05) is 25.5 Å². The van der Waals surface area contributed by atoms with E-state index in [0.29, 0.717) is 11.9 Å². The first-order valence-electron chi connectivity index (χ1n) is 6.46. The Morgan fingerprint density at radius 3 is 2.69 bits per heavy atom. The summed E-state index contributed by atoms with van der Waals surface area (Å²) in [5.74, 6) is 0.354. The van der Waals surface area contributed by atoms with Gasteiger partial charge in [-0.15, -0.1) is 0 Å². The van der Waals surface area contributed by atoms with Crippen molar-refractivity contribution in [3.8, 4) is 0 Å². The third kappa shape index (κ3) is 2.64.